The molecule has 0 spiro atoms. The number of anilines is 1. The first kappa shape index (κ1) is 26.6. The average Bonchev–Trinajstić information content (AvgIpc) is 3.85. The number of hydrogen-bond donors (Lipinski definition) is 0. The van der Waals surface area contributed by atoms with Crippen LogP contribution in [0.5, 0.6) is 0 Å². The molecular formula is C39H34N4O. The minimum absolute atomic E-state index is 0.0608. The van der Waals surface area contributed by atoms with Gasteiger partial charge >= 0.3 is 0 Å². The molecule has 6 aromatic rings. The van der Waals surface area contributed by atoms with Gasteiger partial charge in [0.25, 0.3) is 5.91 Å². The van der Waals surface area contributed by atoms with Gasteiger partial charge in [-0.1, -0.05) is 60.2 Å². The molecule has 0 radical (unpaired) electrons. The summed E-state index contributed by atoms with van der Waals surface area (Å²) in [6, 6.07) is 29.4. The smallest absolute Gasteiger partial charge is 0.259 e. The van der Waals surface area contributed by atoms with Crippen LogP contribution in [-0.4, -0.2) is 26.7 Å². The van der Waals surface area contributed by atoms with Crippen molar-refractivity contribution in [2.24, 2.45) is 7.05 Å². The van der Waals surface area contributed by atoms with Gasteiger partial charge < -0.3 is 9.47 Å². The lowest BCUT2D eigenvalue weighted by Crippen LogP contribution is -2.33. The van der Waals surface area contributed by atoms with Gasteiger partial charge in [-0.15, -0.1) is 0 Å². The van der Waals surface area contributed by atoms with E-state index in [1.54, 1.807) is 17.3 Å². The molecule has 4 aromatic carbocycles. The fourth-order valence-electron chi connectivity index (χ4n) is 6.96. The van der Waals surface area contributed by atoms with E-state index in [2.05, 4.69) is 58.7 Å². The number of hydrogen-bond acceptors (Lipinski definition) is 3. The third-order valence-corrected chi connectivity index (χ3v) is 9.35. The van der Waals surface area contributed by atoms with E-state index in [4.69, 9.17) is 0 Å². The summed E-state index contributed by atoms with van der Waals surface area (Å²) in [4.78, 5) is 15.4. The second-order valence-corrected chi connectivity index (χ2v) is 12.1. The number of benzene rings is 4. The Morgan fingerprint density at radius 1 is 0.864 bits per heavy atom. The van der Waals surface area contributed by atoms with Crippen LogP contribution in [0.1, 0.15) is 53.6 Å². The van der Waals surface area contributed by atoms with Crippen molar-refractivity contribution in [3.63, 3.8) is 0 Å². The second kappa shape index (κ2) is 10.9. The Bertz CT molecular complexity index is 2130. The first-order valence-electron chi connectivity index (χ1n) is 15.6. The highest BCUT2D eigenvalue weighted by Gasteiger charge is 2.35. The van der Waals surface area contributed by atoms with Crippen LogP contribution in [0.2, 0.25) is 0 Å². The number of carbonyl (C=O) groups is 1. The SMILES string of the molecule is C1=CC2=C(CC1)CCc1c2ccc2ccccc12.Cn1ccc2c(C(=O)N(c3ccc4nnccc4c3)C3CC3)cccc21. The van der Waals surface area contributed by atoms with Gasteiger partial charge in [0, 0.05) is 46.8 Å². The maximum absolute atomic E-state index is 13.5. The molecule has 0 atom stereocenters. The molecular weight excluding hydrogens is 540 g/mol. The van der Waals surface area contributed by atoms with Gasteiger partial charge in [0.1, 0.15) is 0 Å². The quantitative estimate of drug-likeness (QED) is 0.212. The maximum atomic E-state index is 13.5. The van der Waals surface area contributed by atoms with Crippen LogP contribution < -0.4 is 4.90 Å². The lowest BCUT2D eigenvalue weighted by Gasteiger charge is -2.25. The standard InChI is InChI=1S/C21H18N4O.C18H16/c1-24-12-10-17-18(3-2-4-20(17)24)21(26)25(15-5-6-15)16-7-8-19-14(13-16)9-11-22-23-19;1-3-7-15-13(5-1)9-11-18-16-8-4-2-6-14(16)10-12-17(15)18/h2-4,7-13,15H,5-6H2,1H3;1,3-5,7-9,11H,2,6,10,12H2. The van der Waals surface area contributed by atoms with Crippen molar-refractivity contribution in [2.45, 2.75) is 44.6 Å². The minimum Gasteiger partial charge on any atom is -0.351 e. The summed E-state index contributed by atoms with van der Waals surface area (Å²) in [7, 11) is 2.00. The number of aromatic nitrogens is 3. The van der Waals surface area contributed by atoms with E-state index in [-0.39, 0.29) is 11.9 Å². The van der Waals surface area contributed by atoms with Crippen molar-refractivity contribution in [3.05, 3.63) is 132 Å². The molecule has 5 nitrogen and oxygen atoms in total. The summed E-state index contributed by atoms with van der Waals surface area (Å²) in [6.07, 6.45) is 15.4. The molecule has 44 heavy (non-hydrogen) atoms. The molecule has 2 heterocycles. The molecule has 2 aromatic heterocycles. The van der Waals surface area contributed by atoms with Crippen molar-refractivity contribution in [1.29, 1.82) is 0 Å². The van der Waals surface area contributed by atoms with Crippen molar-refractivity contribution in [1.82, 2.24) is 14.8 Å². The summed E-state index contributed by atoms with van der Waals surface area (Å²) >= 11 is 0. The largest absolute Gasteiger partial charge is 0.351 e. The number of allylic oxidation sites excluding steroid dienone is 4. The molecule has 0 bridgehead atoms. The Hall–Kier alpha value is -5.03. The Labute approximate surface area is 257 Å². The van der Waals surface area contributed by atoms with Gasteiger partial charge in [-0.3, -0.25) is 4.79 Å². The second-order valence-electron chi connectivity index (χ2n) is 12.1. The zero-order valence-electron chi connectivity index (χ0n) is 24.9. The van der Waals surface area contributed by atoms with Gasteiger partial charge in [0.15, 0.2) is 0 Å². The molecule has 0 N–H and O–H groups in total. The third kappa shape index (κ3) is 4.69. The van der Waals surface area contributed by atoms with E-state index < -0.39 is 0 Å². The van der Waals surface area contributed by atoms with Crippen molar-refractivity contribution < 1.29 is 4.79 Å². The van der Waals surface area contributed by atoms with Crippen LogP contribution in [0.15, 0.2) is 115 Å². The van der Waals surface area contributed by atoms with E-state index in [0.29, 0.717) is 0 Å². The van der Waals surface area contributed by atoms with Crippen LogP contribution >= 0.6 is 0 Å². The first-order chi connectivity index (χ1) is 21.7. The van der Waals surface area contributed by atoms with E-state index in [9.17, 15) is 4.79 Å². The van der Waals surface area contributed by atoms with Crippen LogP contribution in [0, 0.1) is 0 Å². The molecule has 1 saturated carbocycles. The van der Waals surface area contributed by atoms with Crippen LogP contribution in [0.25, 0.3) is 38.2 Å². The molecule has 1 fully saturated rings. The number of rotatable bonds is 3. The summed E-state index contributed by atoms with van der Waals surface area (Å²) in [5, 5.41) is 12.9. The fourth-order valence-corrected chi connectivity index (χ4v) is 6.96. The molecule has 0 saturated heterocycles. The molecule has 3 aliphatic carbocycles. The fraction of sp³-hybridized carbons (Fsp3) is 0.205. The zero-order valence-corrected chi connectivity index (χ0v) is 24.9. The van der Waals surface area contributed by atoms with E-state index in [0.717, 1.165) is 45.9 Å². The normalized spacial score (nSPS) is 15.6. The van der Waals surface area contributed by atoms with Crippen molar-refractivity contribution >= 4 is 49.7 Å². The Morgan fingerprint density at radius 2 is 1.77 bits per heavy atom. The average molecular weight is 575 g/mol. The highest BCUT2D eigenvalue weighted by Crippen LogP contribution is 2.40. The monoisotopic (exact) mass is 574 g/mol. The molecule has 0 aliphatic heterocycles. The maximum Gasteiger partial charge on any atom is 0.259 e. The highest BCUT2D eigenvalue weighted by atomic mass is 16.2. The summed E-state index contributed by atoms with van der Waals surface area (Å²) < 4.78 is 2.04. The summed E-state index contributed by atoms with van der Waals surface area (Å²) in [5.74, 6) is 0.0608. The predicted octanol–water partition coefficient (Wildman–Crippen LogP) is 8.82. The van der Waals surface area contributed by atoms with E-state index >= 15 is 0 Å². The molecule has 9 rings (SSSR count). The highest BCUT2D eigenvalue weighted by molar-refractivity contribution is 6.14. The van der Waals surface area contributed by atoms with Gasteiger partial charge in [-0.05, 0) is 108 Å². The molecule has 216 valence electrons. The van der Waals surface area contributed by atoms with E-state index in [1.165, 1.54) is 47.6 Å². The minimum atomic E-state index is 0.0608. The first-order valence-corrected chi connectivity index (χ1v) is 15.6. The van der Waals surface area contributed by atoms with Crippen LogP contribution in [-0.2, 0) is 13.5 Å². The predicted molar refractivity (Wildman–Crippen MR) is 180 cm³/mol. The zero-order chi connectivity index (χ0) is 29.6. The van der Waals surface area contributed by atoms with Gasteiger partial charge in [0.2, 0.25) is 0 Å². The third-order valence-electron chi connectivity index (χ3n) is 9.35. The molecule has 1 amide bonds. The number of fused-ring (bicyclic) bond motifs is 6. The van der Waals surface area contributed by atoms with Crippen LogP contribution in [0.4, 0.5) is 5.69 Å². The topological polar surface area (TPSA) is 51.0 Å². The lowest BCUT2D eigenvalue weighted by molar-refractivity contribution is 0.0987. The summed E-state index contributed by atoms with van der Waals surface area (Å²) in [5.41, 5.74) is 9.79. The number of carbonyl (C=O) groups excluding carboxylic acids is 1. The molecule has 5 heteroatoms. The molecule has 0 unspecified atom stereocenters. The number of nitrogens with zero attached hydrogens (tertiary/aromatic N) is 4. The Balaban J connectivity index is 0.000000140. The van der Waals surface area contributed by atoms with Gasteiger partial charge in [0.05, 0.1) is 11.7 Å². The molecule has 3 aliphatic rings. The van der Waals surface area contributed by atoms with E-state index in [1.807, 2.05) is 71.2 Å². The number of aryl methyl sites for hydroxylation is 2. The Kier molecular flexibility index (Phi) is 6.59. The lowest BCUT2D eigenvalue weighted by atomic mass is 9.80. The van der Waals surface area contributed by atoms with Crippen molar-refractivity contribution in [2.75, 3.05) is 4.90 Å². The number of amides is 1. The van der Waals surface area contributed by atoms with Gasteiger partial charge in [-0.2, -0.15) is 10.2 Å². The van der Waals surface area contributed by atoms with Gasteiger partial charge in [-0.25, -0.2) is 0 Å². The summed E-state index contributed by atoms with van der Waals surface area (Å²) in [6.45, 7) is 0. The van der Waals surface area contributed by atoms with Crippen molar-refractivity contribution in [3.8, 4) is 0 Å². The Morgan fingerprint density at radius 3 is 2.68 bits per heavy atom. The van der Waals surface area contributed by atoms with Crippen LogP contribution in [0.3, 0.4) is 0 Å².